The lowest BCUT2D eigenvalue weighted by Crippen LogP contribution is -2.46. The minimum Gasteiger partial charge on any atom is -0.314 e. The fourth-order valence-electron chi connectivity index (χ4n) is 2.91. The van der Waals surface area contributed by atoms with Gasteiger partial charge in [-0.15, -0.1) is 24.8 Å². The first-order valence-electron chi connectivity index (χ1n) is 6.76. The highest BCUT2D eigenvalue weighted by Crippen LogP contribution is 2.45. The van der Waals surface area contributed by atoms with Gasteiger partial charge in [-0.05, 0) is 24.8 Å². The van der Waals surface area contributed by atoms with Crippen molar-refractivity contribution in [1.29, 1.82) is 0 Å². The third-order valence-corrected chi connectivity index (χ3v) is 3.95. The van der Waals surface area contributed by atoms with E-state index in [1.807, 2.05) is 0 Å². The van der Waals surface area contributed by atoms with Crippen LogP contribution < -0.4 is 5.32 Å². The third kappa shape index (κ3) is 4.03. The van der Waals surface area contributed by atoms with Crippen LogP contribution in [0.2, 0.25) is 0 Å². The second-order valence-corrected chi connectivity index (χ2v) is 5.36. The molecule has 1 N–H and O–H groups in total. The number of hydrogen-bond acceptors (Lipinski definition) is 2. The Balaban J connectivity index is 0.00000110. The molecule has 1 saturated carbocycles. The molecule has 1 aliphatic heterocycles. The summed E-state index contributed by atoms with van der Waals surface area (Å²) in [5, 5.41) is 3.23. The number of halogens is 5. The molecule has 0 aromatic heterocycles. The second kappa shape index (κ2) is 7.68. The molecule has 0 bridgehead atoms. The molecule has 21 heavy (non-hydrogen) atoms. The van der Waals surface area contributed by atoms with E-state index in [-0.39, 0.29) is 36.4 Å². The zero-order valence-electron chi connectivity index (χ0n) is 11.4. The van der Waals surface area contributed by atoms with Crippen LogP contribution in [0.25, 0.3) is 0 Å². The van der Waals surface area contributed by atoms with E-state index in [0.717, 1.165) is 45.1 Å². The van der Waals surface area contributed by atoms with Crippen molar-refractivity contribution < 1.29 is 13.2 Å². The quantitative estimate of drug-likeness (QED) is 0.848. The van der Waals surface area contributed by atoms with Crippen LogP contribution in [0, 0.1) is 23.4 Å². The lowest BCUT2D eigenvalue weighted by Gasteiger charge is -2.35. The van der Waals surface area contributed by atoms with Gasteiger partial charge in [-0.1, -0.05) is 0 Å². The number of nitrogens with zero attached hydrogens (tertiary/aromatic N) is 1. The van der Waals surface area contributed by atoms with Crippen molar-refractivity contribution in [2.75, 3.05) is 26.2 Å². The molecule has 7 heteroatoms. The van der Waals surface area contributed by atoms with E-state index >= 15 is 0 Å². The predicted molar refractivity (Wildman–Crippen MR) is 80.7 cm³/mol. The molecular weight excluding hydrogens is 324 g/mol. The summed E-state index contributed by atoms with van der Waals surface area (Å²) in [4.78, 5) is 2.14. The summed E-state index contributed by atoms with van der Waals surface area (Å²) < 4.78 is 40.8. The van der Waals surface area contributed by atoms with Gasteiger partial charge < -0.3 is 5.32 Å². The van der Waals surface area contributed by atoms with Crippen LogP contribution in [0.5, 0.6) is 0 Å². The molecule has 1 saturated heterocycles. The smallest absolute Gasteiger partial charge is 0.163 e. The van der Waals surface area contributed by atoms with E-state index in [9.17, 15) is 13.2 Å². The molecule has 0 radical (unpaired) electrons. The van der Waals surface area contributed by atoms with Crippen LogP contribution in [0.3, 0.4) is 0 Å². The molecule has 1 aromatic rings. The lowest BCUT2D eigenvalue weighted by molar-refractivity contribution is 0.152. The van der Waals surface area contributed by atoms with Crippen molar-refractivity contribution in [2.45, 2.75) is 18.9 Å². The molecule has 2 nitrogen and oxygen atoms in total. The maximum absolute atomic E-state index is 14.0. The Kier molecular flexibility index (Phi) is 6.78. The summed E-state index contributed by atoms with van der Waals surface area (Å²) in [7, 11) is 0. The van der Waals surface area contributed by atoms with Crippen LogP contribution in [0.15, 0.2) is 12.1 Å². The van der Waals surface area contributed by atoms with Crippen molar-refractivity contribution in [2.24, 2.45) is 5.92 Å². The summed E-state index contributed by atoms with van der Waals surface area (Å²) in [5.74, 6) is -2.35. The van der Waals surface area contributed by atoms with E-state index < -0.39 is 17.5 Å². The van der Waals surface area contributed by atoms with Gasteiger partial charge in [0.05, 0.1) is 0 Å². The van der Waals surface area contributed by atoms with Crippen LogP contribution in [0.1, 0.15) is 24.4 Å². The van der Waals surface area contributed by atoms with Crippen LogP contribution in [0.4, 0.5) is 13.2 Å². The van der Waals surface area contributed by atoms with Crippen LogP contribution >= 0.6 is 24.8 Å². The summed E-state index contributed by atoms with van der Waals surface area (Å²) >= 11 is 0. The normalized spacial score (nSPS) is 20.3. The van der Waals surface area contributed by atoms with Crippen molar-refractivity contribution in [3.8, 4) is 0 Å². The topological polar surface area (TPSA) is 15.3 Å². The average Bonchev–Trinajstić information content (AvgIpc) is 3.21. The number of benzene rings is 1. The van der Waals surface area contributed by atoms with Gasteiger partial charge in [0, 0.05) is 43.9 Å². The first-order valence-corrected chi connectivity index (χ1v) is 6.76. The van der Waals surface area contributed by atoms with Gasteiger partial charge in [-0.25, -0.2) is 13.2 Å². The Morgan fingerprint density at radius 1 is 1.05 bits per heavy atom. The van der Waals surface area contributed by atoms with E-state index in [1.165, 1.54) is 0 Å². The van der Waals surface area contributed by atoms with Crippen LogP contribution in [-0.4, -0.2) is 31.1 Å². The molecule has 0 spiro atoms. The van der Waals surface area contributed by atoms with Gasteiger partial charge in [0.1, 0.15) is 5.82 Å². The standard InChI is InChI=1S/C14H17F3N2.2ClH/c15-10-7-11(13(17)12(16)8-10)14(9-1-2-9)19-5-3-18-4-6-19;;/h7-9,14,18H,1-6H2;2*1H/t14-;;/m1../s1. The molecule has 0 unspecified atom stereocenters. The molecule has 1 atom stereocenters. The van der Waals surface area contributed by atoms with E-state index in [2.05, 4.69) is 10.2 Å². The highest BCUT2D eigenvalue weighted by atomic mass is 35.5. The number of nitrogens with one attached hydrogen (secondary N) is 1. The second-order valence-electron chi connectivity index (χ2n) is 5.36. The SMILES string of the molecule is Cl.Cl.Fc1cc(F)c(F)c([C@@H](C2CC2)N2CCNCC2)c1. The molecule has 2 fully saturated rings. The average molecular weight is 343 g/mol. The van der Waals surface area contributed by atoms with Gasteiger partial charge in [0.15, 0.2) is 11.6 Å². The maximum atomic E-state index is 14.0. The van der Waals surface area contributed by atoms with Crippen molar-refractivity contribution in [3.05, 3.63) is 35.1 Å². The minimum atomic E-state index is -1.09. The molecule has 3 rings (SSSR count). The zero-order valence-corrected chi connectivity index (χ0v) is 13.1. The molecular formula is C14H19Cl2F3N2. The monoisotopic (exact) mass is 342 g/mol. The Labute approximate surface area is 134 Å². The Bertz CT molecular complexity index is 478. The Morgan fingerprint density at radius 3 is 2.24 bits per heavy atom. The minimum absolute atomic E-state index is 0. The molecule has 2 aliphatic rings. The highest BCUT2D eigenvalue weighted by Gasteiger charge is 2.38. The highest BCUT2D eigenvalue weighted by molar-refractivity contribution is 5.85. The fraction of sp³-hybridized carbons (Fsp3) is 0.571. The molecule has 1 aromatic carbocycles. The van der Waals surface area contributed by atoms with E-state index in [1.54, 1.807) is 0 Å². The molecule has 1 heterocycles. The van der Waals surface area contributed by atoms with Gasteiger partial charge in [0.2, 0.25) is 0 Å². The van der Waals surface area contributed by atoms with Crippen molar-refractivity contribution in [3.63, 3.8) is 0 Å². The predicted octanol–water partition coefficient (Wildman–Crippen LogP) is 3.30. The number of piperazine rings is 1. The van der Waals surface area contributed by atoms with Gasteiger partial charge in [-0.3, -0.25) is 4.90 Å². The Hall–Kier alpha value is -0.490. The Morgan fingerprint density at radius 2 is 1.67 bits per heavy atom. The number of hydrogen-bond donors (Lipinski definition) is 1. The summed E-state index contributed by atoms with van der Waals surface area (Å²) in [5.41, 5.74) is 0.182. The number of rotatable bonds is 3. The first kappa shape index (κ1) is 18.6. The maximum Gasteiger partial charge on any atom is 0.163 e. The van der Waals surface area contributed by atoms with E-state index in [0.29, 0.717) is 12.0 Å². The fourth-order valence-corrected chi connectivity index (χ4v) is 2.91. The summed E-state index contributed by atoms with van der Waals surface area (Å²) in [6, 6.07) is 1.58. The largest absolute Gasteiger partial charge is 0.314 e. The zero-order chi connectivity index (χ0) is 13.4. The third-order valence-electron chi connectivity index (χ3n) is 3.95. The van der Waals surface area contributed by atoms with Gasteiger partial charge in [-0.2, -0.15) is 0 Å². The van der Waals surface area contributed by atoms with E-state index in [4.69, 9.17) is 0 Å². The van der Waals surface area contributed by atoms with Crippen molar-refractivity contribution >= 4 is 24.8 Å². The van der Waals surface area contributed by atoms with Gasteiger partial charge >= 0.3 is 0 Å². The molecule has 0 amide bonds. The summed E-state index contributed by atoms with van der Waals surface area (Å²) in [6.07, 6.45) is 2.01. The van der Waals surface area contributed by atoms with Crippen molar-refractivity contribution in [1.82, 2.24) is 10.2 Å². The lowest BCUT2D eigenvalue weighted by atomic mass is 9.98. The molecule has 120 valence electrons. The first-order chi connectivity index (χ1) is 9.16. The van der Waals surface area contributed by atoms with Crippen LogP contribution in [-0.2, 0) is 0 Å². The van der Waals surface area contributed by atoms with Gasteiger partial charge in [0.25, 0.3) is 0 Å². The molecule has 1 aliphatic carbocycles. The summed E-state index contributed by atoms with van der Waals surface area (Å²) in [6.45, 7) is 3.25.